The van der Waals surface area contributed by atoms with Crippen LogP contribution in [0.1, 0.15) is 25.7 Å². The standard InChI is InChI=1S/C20H25ClN6O4S/c21-25-19(22)24-17-13-23-12-14-11-15(3-4-16(14)17)32(29,30)26-20(5-1-2-6-20)18(28)27-7-9-31-10-8-27/h3-4,11-13,26H,1-2,5-10H2,(H3,22,24,25). The second-order valence-electron chi connectivity index (χ2n) is 7.96. The number of rotatable bonds is 5. The Morgan fingerprint density at radius 3 is 2.62 bits per heavy atom. The summed E-state index contributed by atoms with van der Waals surface area (Å²) in [6, 6.07) is 4.66. The van der Waals surface area contributed by atoms with Crippen LogP contribution in [0, 0.1) is 0 Å². The molecule has 172 valence electrons. The molecule has 4 rings (SSSR count). The number of ether oxygens (including phenoxy) is 1. The number of hydrogen-bond acceptors (Lipinski definition) is 6. The molecule has 0 atom stereocenters. The predicted octanol–water partition coefficient (Wildman–Crippen LogP) is 1.57. The van der Waals surface area contributed by atoms with Crippen molar-refractivity contribution < 1.29 is 17.9 Å². The lowest BCUT2D eigenvalue weighted by atomic mass is 9.97. The van der Waals surface area contributed by atoms with Crippen molar-refractivity contribution in [3.63, 3.8) is 0 Å². The zero-order chi connectivity index (χ0) is 22.8. The largest absolute Gasteiger partial charge is 0.378 e. The summed E-state index contributed by atoms with van der Waals surface area (Å²) < 4.78 is 38.1. The van der Waals surface area contributed by atoms with Crippen molar-refractivity contribution in [2.75, 3.05) is 31.6 Å². The fourth-order valence-electron chi connectivity index (χ4n) is 4.30. The van der Waals surface area contributed by atoms with Crippen LogP contribution < -0.4 is 15.8 Å². The van der Waals surface area contributed by atoms with E-state index in [1.807, 2.05) is 0 Å². The van der Waals surface area contributed by atoms with E-state index >= 15 is 0 Å². The van der Waals surface area contributed by atoms with E-state index in [4.69, 9.17) is 22.2 Å². The molecule has 1 aromatic carbocycles. The molecular weight excluding hydrogens is 456 g/mol. The molecule has 1 saturated carbocycles. The van der Waals surface area contributed by atoms with Crippen molar-refractivity contribution in [3.8, 4) is 0 Å². The molecule has 2 aliphatic rings. The molecule has 2 fully saturated rings. The van der Waals surface area contributed by atoms with Gasteiger partial charge in [-0.1, -0.05) is 18.9 Å². The summed E-state index contributed by atoms with van der Waals surface area (Å²) in [6.07, 6.45) is 5.62. The van der Waals surface area contributed by atoms with Gasteiger partial charge < -0.3 is 20.7 Å². The number of guanidine groups is 1. The molecule has 10 nitrogen and oxygen atoms in total. The Labute approximate surface area is 191 Å². The lowest BCUT2D eigenvalue weighted by Gasteiger charge is -2.36. The number of sulfonamides is 1. The van der Waals surface area contributed by atoms with E-state index in [9.17, 15) is 13.2 Å². The first-order chi connectivity index (χ1) is 15.3. The normalized spacial score (nSPS) is 19.3. The molecule has 2 aromatic rings. The minimum Gasteiger partial charge on any atom is -0.378 e. The molecule has 4 N–H and O–H groups in total. The van der Waals surface area contributed by atoms with Gasteiger partial charge in [0, 0.05) is 41.8 Å². The summed E-state index contributed by atoms with van der Waals surface area (Å²) in [5, 5.41) is 4.10. The summed E-state index contributed by atoms with van der Waals surface area (Å²) in [7, 11) is -3.96. The van der Waals surface area contributed by atoms with Crippen LogP contribution in [0.25, 0.3) is 10.8 Å². The third-order valence-corrected chi connectivity index (χ3v) is 7.61. The average molecular weight is 481 g/mol. The number of hydrogen-bond donors (Lipinski definition) is 3. The van der Waals surface area contributed by atoms with Crippen LogP contribution in [0.2, 0.25) is 0 Å². The van der Waals surface area contributed by atoms with Crippen molar-refractivity contribution in [2.24, 2.45) is 10.2 Å². The summed E-state index contributed by atoms with van der Waals surface area (Å²) in [5.41, 5.74) is 5.03. The van der Waals surface area contributed by atoms with Gasteiger partial charge in [0.25, 0.3) is 0 Å². The Balaban J connectivity index is 1.64. The third kappa shape index (κ3) is 4.51. The van der Waals surface area contributed by atoms with Crippen LogP contribution in [0.4, 0.5) is 5.69 Å². The molecule has 1 amide bonds. The first-order valence-electron chi connectivity index (χ1n) is 10.3. The number of nitrogens with zero attached hydrogens (tertiary/aromatic N) is 3. The molecule has 2 heterocycles. The molecule has 0 radical (unpaired) electrons. The predicted molar refractivity (Wildman–Crippen MR) is 122 cm³/mol. The average Bonchev–Trinajstić information content (AvgIpc) is 3.27. The maximum absolute atomic E-state index is 13.3. The summed E-state index contributed by atoms with van der Waals surface area (Å²) in [5.74, 6) is -0.184. The SMILES string of the molecule is NC(=NCl)Nc1cncc2cc(S(=O)(=O)NC3(C(=O)N4CCOCC4)CCCC3)ccc12. The van der Waals surface area contributed by atoms with Gasteiger partial charge in [-0.3, -0.25) is 9.78 Å². The van der Waals surface area contributed by atoms with Crippen LogP contribution in [0.3, 0.4) is 0 Å². The molecule has 0 spiro atoms. The Bertz CT molecular complexity index is 1140. The van der Waals surface area contributed by atoms with Crippen molar-refractivity contribution in [1.82, 2.24) is 14.6 Å². The second-order valence-corrected chi connectivity index (χ2v) is 9.82. The van der Waals surface area contributed by atoms with Gasteiger partial charge in [0.05, 0.1) is 30.0 Å². The van der Waals surface area contributed by atoms with Crippen LogP contribution >= 0.6 is 11.8 Å². The van der Waals surface area contributed by atoms with E-state index in [0.29, 0.717) is 55.6 Å². The first-order valence-corrected chi connectivity index (χ1v) is 12.2. The first kappa shape index (κ1) is 22.7. The molecule has 32 heavy (non-hydrogen) atoms. The topological polar surface area (TPSA) is 139 Å². The Kier molecular flexibility index (Phi) is 6.52. The molecule has 1 aliphatic heterocycles. The zero-order valence-corrected chi connectivity index (χ0v) is 19.0. The number of anilines is 1. The molecular formula is C20H25ClN6O4S. The number of nitrogens with one attached hydrogen (secondary N) is 2. The van der Waals surface area contributed by atoms with Gasteiger partial charge in [0.1, 0.15) is 5.54 Å². The number of benzene rings is 1. The van der Waals surface area contributed by atoms with Gasteiger partial charge >= 0.3 is 0 Å². The van der Waals surface area contributed by atoms with Crippen molar-refractivity contribution >= 4 is 50.1 Å². The summed E-state index contributed by atoms with van der Waals surface area (Å²) in [6.45, 7) is 1.85. The molecule has 0 bridgehead atoms. The Morgan fingerprint density at radius 1 is 1.22 bits per heavy atom. The van der Waals surface area contributed by atoms with Gasteiger partial charge in [-0.15, -0.1) is 4.51 Å². The highest BCUT2D eigenvalue weighted by atomic mass is 35.5. The van der Waals surface area contributed by atoms with E-state index in [1.54, 1.807) is 17.2 Å². The Hall–Kier alpha value is -2.47. The van der Waals surface area contributed by atoms with E-state index < -0.39 is 15.6 Å². The highest BCUT2D eigenvalue weighted by Gasteiger charge is 2.46. The third-order valence-electron chi connectivity index (χ3n) is 5.89. The smallest absolute Gasteiger partial charge is 0.244 e. The second kappa shape index (κ2) is 9.18. The van der Waals surface area contributed by atoms with Crippen LogP contribution in [0.5, 0.6) is 0 Å². The van der Waals surface area contributed by atoms with Crippen molar-refractivity contribution in [2.45, 2.75) is 36.1 Å². The van der Waals surface area contributed by atoms with Crippen molar-refractivity contribution in [1.29, 1.82) is 0 Å². The zero-order valence-electron chi connectivity index (χ0n) is 17.4. The van der Waals surface area contributed by atoms with E-state index in [1.165, 1.54) is 18.3 Å². The number of amides is 1. The quantitative estimate of drug-likeness (QED) is 0.436. The number of fused-ring (bicyclic) bond motifs is 1. The molecule has 1 aliphatic carbocycles. The van der Waals surface area contributed by atoms with Crippen LogP contribution in [0.15, 0.2) is 40.0 Å². The highest BCUT2D eigenvalue weighted by Crippen LogP contribution is 2.34. The van der Waals surface area contributed by atoms with E-state index in [2.05, 4.69) is 19.5 Å². The number of pyridine rings is 1. The van der Waals surface area contributed by atoms with E-state index in [-0.39, 0.29) is 16.8 Å². The van der Waals surface area contributed by atoms with Gasteiger partial charge in [-0.05, 0) is 25.0 Å². The molecule has 12 heteroatoms. The lowest BCUT2D eigenvalue weighted by Crippen LogP contribution is -2.59. The fraction of sp³-hybridized carbons (Fsp3) is 0.450. The van der Waals surface area contributed by atoms with E-state index in [0.717, 1.165) is 12.8 Å². The maximum atomic E-state index is 13.3. The van der Waals surface area contributed by atoms with Crippen LogP contribution in [-0.2, 0) is 19.6 Å². The van der Waals surface area contributed by atoms with Gasteiger partial charge in [0.2, 0.25) is 21.9 Å². The Morgan fingerprint density at radius 2 is 1.94 bits per heavy atom. The molecule has 1 aromatic heterocycles. The van der Waals surface area contributed by atoms with Crippen molar-refractivity contribution in [3.05, 3.63) is 30.6 Å². The number of halogens is 1. The van der Waals surface area contributed by atoms with Gasteiger partial charge in [0.15, 0.2) is 0 Å². The highest BCUT2D eigenvalue weighted by molar-refractivity contribution is 7.89. The summed E-state index contributed by atoms with van der Waals surface area (Å²) in [4.78, 5) is 19.2. The monoisotopic (exact) mass is 480 g/mol. The van der Waals surface area contributed by atoms with Gasteiger partial charge in [-0.2, -0.15) is 4.72 Å². The fourth-order valence-corrected chi connectivity index (χ4v) is 5.80. The minimum atomic E-state index is -3.96. The lowest BCUT2D eigenvalue weighted by molar-refractivity contribution is -0.141. The number of aromatic nitrogens is 1. The summed E-state index contributed by atoms with van der Waals surface area (Å²) >= 11 is 5.37. The number of carbonyl (C=O) groups is 1. The molecule has 1 saturated heterocycles. The molecule has 0 unspecified atom stereocenters. The number of carbonyl (C=O) groups excluding carboxylic acids is 1. The van der Waals surface area contributed by atoms with Crippen LogP contribution in [-0.4, -0.2) is 62.0 Å². The minimum absolute atomic E-state index is 0.0101. The number of nitrogens with two attached hydrogens (primary N) is 1. The number of morpholine rings is 1. The van der Waals surface area contributed by atoms with Gasteiger partial charge in [-0.25, -0.2) is 8.42 Å². The maximum Gasteiger partial charge on any atom is 0.244 e.